The lowest BCUT2D eigenvalue weighted by molar-refractivity contribution is -0.167. The number of esters is 1. The summed E-state index contributed by atoms with van der Waals surface area (Å²) in [4.78, 5) is 11.9. The van der Waals surface area contributed by atoms with Crippen LogP contribution in [0.25, 0.3) is 0 Å². The van der Waals surface area contributed by atoms with Crippen LogP contribution in [-0.2, 0) is 14.3 Å². The van der Waals surface area contributed by atoms with Crippen LogP contribution in [-0.4, -0.2) is 24.3 Å². The number of hydrogen-bond acceptors (Lipinski definition) is 3. The Bertz CT molecular complexity index is 243. The molecule has 0 N–H and O–H groups in total. The van der Waals surface area contributed by atoms with Gasteiger partial charge in [0.15, 0.2) is 0 Å². The molecule has 0 spiro atoms. The van der Waals surface area contributed by atoms with Crippen molar-refractivity contribution in [3.05, 3.63) is 0 Å². The second-order valence-corrected chi connectivity index (χ2v) is 5.37. The zero-order chi connectivity index (χ0) is 11.7. The van der Waals surface area contributed by atoms with Crippen LogP contribution in [0.1, 0.15) is 47.5 Å². The average Bonchev–Trinajstić information content (AvgIpc) is 2.46. The summed E-state index contributed by atoms with van der Waals surface area (Å²) in [7, 11) is 0. The average molecular weight is 214 g/mol. The van der Waals surface area contributed by atoms with Gasteiger partial charge in [0.1, 0.15) is 6.10 Å². The molecule has 15 heavy (non-hydrogen) atoms. The molecule has 1 aliphatic heterocycles. The molecule has 88 valence electrons. The second-order valence-electron chi connectivity index (χ2n) is 5.37. The molecule has 1 aliphatic rings. The number of carbonyl (C=O) groups excluding carboxylic acids is 1. The van der Waals surface area contributed by atoms with E-state index in [-0.39, 0.29) is 17.7 Å². The second kappa shape index (κ2) is 4.12. The van der Waals surface area contributed by atoms with Gasteiger partial charge < -0.3 is 9.47 Å². The molecule has 0 amide bonds. The molecule has 0 bridgehead atoms. The van der Waals surface area contributed by atoms with Crippen LogP contribution >= 0.6 is 0 Å². The van der Waals surface area contributed by atoms with E-state index < -0.39 is 5.41 Å². The highest BCUT2D eigenvalue weighted by Crippen LogP contribution is 2.31. The van der Waals surface area contributed by atoms with E-state index in [0.717, 1.165) is 12.8 Å². The van der Waals surface area contributed by atoms with E-state index in [0.29, 0.717) is 6.61 Å². The minimum absolute atomic E-state index is 0.101. The third kappa shape index (κ3) is 2.71. The van der Waals surface area contributed by atoms with Crippen LogP contribution < -0.4 is 0 Å². The first-order chi connectivity index (χ1) is 6.79. The van der Waals surface area contributed by atoms with E-state index in [1.807, 2.05) is 34.6 Å². The Morgan fingerprint density at radius 2 is 2.13 bits per heavy atom. The van der Waals surface area contributed by atoms with Gasteiger partial charge in [0.2, 0.25) is 0 Å². The standard InChI is InChI=1S/C12H22O3/c1-6-11(2,3)10(13)15-9-7-8-14-12(9,4)5/h9H,6-8H2,1-5H3. The van der Waals surface area contributed by atoms with Crippen molar-refractivity contribution in [2.24, 2.45) is 5.41 Å². The highest BCUT2D eigenvalue weighted by Gasteiger charge is 2.41. The van der Waals surface area contributed by atoms with Crippen molar-refractivity contribution in [3.8, 4) is 0 Å². The largest absolute Gasteiger partial charge is 0.459 e. The van der Waals surface area contributed by atoms with Crippen molar-refractivity contribution in [1.82, 2.24) is 0 Å². The lowest BCUT2D eigenvalue weighted by Gasteiger charge is -2.29. The molecule has 3 nitrogen and oxygen atoms in total. The summed E-state index contributed by atoms with van der Waals surface area (Å²) in [6, 6.07) is 0. The van der Waals surface area contributed by atoms with Gasteiger partial charge in [-0.2, -0.15) is 0 Å². The first-order valence-electron chi connectivity index (χ1n) is 5.64. The fourth-order valence-electron chi connectivity index (χ4n) is 1.50. The summed E-state index contributed by atoms with van der Waals surface area (Å²) >= 11 is 0. The van der Waals surface area contributed by atoms with Crippen LogP contribution in [0.3, 0.4) is 0 Å². The molecular weight excluding hydrogens is 192 g/mol. The van der Waals surface area contributed by atoms with E-state index in [2.05, 4.69) is 0 Å². The highest BCUT2D eigenvalue weighted by atomic mass is 16.6. The molecule has 1 unspecified atom stereocenters. The predicted molar refractivity (Wildman–Crippen MR) is 58.6 cm³/mol. The fourth-order valence-corrected chi connectivity index (χ4v) is 1.50. The lowest BCUT2D eigenvalue weighted by Crippen LogP contribution is -2.39. The number of ether oxygens (including phenoxy) is 2. The van der Waals surface area contributed by atoms with Crippen LogP contribution in [0.5, 0.6) is 0 Å². The molecule has 1 heterocycles. The maximum absolute atomic E-state index is 11.9. The van der Waals surface area contributed by atoms with Crippen LogP contribution in [0, 0.1) is 5.41 Å². The molecule has 3 heteroatoms. The van der Waals surface area contributed by atoms with Crippen molar-refractivity contribution in [2.45, 2.75) is 59.2 Å². The van der Waals surface area contributed by atoms with Crippen LogP contribution in [0.15, 0.2) is 0 Å². The summed E-state index contributed by atoms with van der Waals surface area (Å²) in [5.41, 5.74) is -0.724. The molecule has 1 atom stereocenters. The monoisotopic (exact) mass is 214 g/mol. The Labute approximate surface area is 92.1 Å². The van der Waals surface area contributed by atoms with E-state index in [9.17, 15) is 4.79 Å². The summed E-state index contributed by atoms with van der Waals surface area (Å²) in [6.07, 6.45) is 1.49. The van der Waals surface area contributed by atoms with Gasteiger partial charge in [-0.05, 0) is 34.1 Å². The predicted octanol–water partition coefficient (Wildman–Crippen LogP) is 2.53. The third-order valence-corrected chi connectivity index (χ3v) is 3.32. The van der Waals surface area contributed by atoms with Gasteiger partial charge in [0.25, 0.3) is 0 Å². The quantitative estimate of drug-likeness (QED) is 0.677. The van der Waals surface area contributed by atoms with Gasteiger partial charge in [-0.3, -0.25) is 4.79 Å². The molecule has 0 aromatic heterocycles. The molecule has 0 aromatic carbocycles. The summed E-state index contributed by atoms with van der Waals surface area (Å²) in [6.45, 7) is 10.4. The van der Waals surface area contributed by atoms with Crippen molar-refractivity contribution < 1.29 is 14.3 Å². The Balaban J connectivity index is 2.59. The summed E-state index contributed by atoms with van der Waals surface area (Å²) in [5, 5.41) is 0. The minimum Gasteiger partial charge on any atom is -0.459 e. The fraction of sp³-hybridized carbons (Fsp3) is 0.917. The number of carbonyl (C=O) groups is 1. The topological polar surface area (TPSA) is 35.5 Å². The molecule has 0 radical (unpaired) electrons. The maximum atomic E-state index is 11.9. The Hall–Kier alpha value is -0.570. The third-order valence-electron chi connectivity index (χ3n) is 3.32. The molecule has 1 fully saturated rings. The summed E-state index contributed by atoms with van der Waals surface area (Å²) < 4.78 is 11.0. The zero-order valence-corrected chi connectivity index (χ0v) is 10.4. The Kier molecular flexibility index (Phi) is 3.44. The van der Waals surface area contributed by atoms with Crippen molar-refractivity contribution in [3.63, 3.8) is 0 Å². The zero-order valence-electron chi connectivity index (χ0n) is 10.4. The van der Waals surface area contributed by atoms with Crippen LogP contribution in [0.4, 0.5) is 0 Å². The smallest absolute Gasteiger partial charge is 0.311 e. The van der Waals surface area contributed by atoms with E-state index in [1.165, 1.54) is 0 Å². The van der Waals surface area contributed by atoms with Gasteiger partial charge in [0, 0.05) is 6.42 Å². The van der Waals surface area contributed by atoms with Gasteiger partial charge in [-0.25, -0.2) is 0 Å². The summed E-state index contributed by atoms with van der Waals surface area (Å²) in [5.74, 6) is -0.117. The first kappa shape index (κ1) is 12.5. The van der Waals surface area contributed by atoms with E-state index >= 15 is 0 Å². The molecule has 0 aromatic rings. The van der Waals surface area contributed by atoms with Gasteiger partial charge in [-0.15, -0.1) is 0 Å². The van der Waals surface area contributed by atoms with Crippen LogP contribution in [0.2, 0.25) is 0 Å². The Morgan fingerprint density at radius 3 is 2.53 bits per heavy atom. The Morgan fingerprint density at radius 1 is 1.53 bits per heavy atom. The molecule has 0 saturated carbocycles. The SMILES string of the molecule is CCC(C)(C)C(=O)OC1CCOC1(C)C. The lowest BCUT2D eigenvalue weighted by atomic mass is 9.90. The van der Waals surface area contributed by atoms with Gasteiger partial charge >= 0.3 is 5.97 Å². The normalized spacial score (nSPS) is 25.3. The van der Waals surface area contributed by atoms with Gasteiger partial charge in [-0.1, -0.05) is 6.92 Å². The molecule has 1 rings (SSSR count). The van der Waals surface area contributed by atoms with Crippen molar-refractivity contribution in [1.29, 1.82) is 0 Å². The first-order valence-corrected chi connectivity index (χ1v) is 5.64. The maximum Gasteiger partial charge on any atom is 0.311 e. The minimum atomic E-state index is -0.390. The van der Waals surface area contributed by atoms with Crippen molar-refractivity contribution >= 4 is 5.97 Å². The van der Waals surface area contributed by atoms with Gasteiger partial charge in [0.05, 0.1) is 17.6 Å². The number of hydrogen-bond donors (Lipinski definition) is 0. The molecular formula is C12H22O3. The highest BCUT2D eigenvalue weighted by molar-refractivity contribution is 5.76. The van der Waals surface area contributed by atoms with Crippen molar-refractivity contribution in [2.75, 3.05) is 6.61 Å². The van der Waals surface area contributed by atoms with E-state index in [4.69, 9.17) is 9.47 Å². The molecule has 0 aliphatic carbocycles. The molecule has 1 saturated heterocycles. The van der Waals surface area contributed by atoms with E-state index in [1.54, 1.807) is 0 Å². The number of rotatable bonds is 3.